The van der Waals surface area contributed by atoms with E-state index in [1.54, 1.807) is 6.92 Å². The van der Waals surface area contributed by atoms with Crippen LogP contribution in [0.3, 0.4) is 0 Å². The molecule has 0 rings (SSSR count). The Hall–Kier alpha value is -1.52. The van der Waals surface area contributed by atoms with Crippen LogP contribution in [0.5, 0.6) is 0 Å². The van der Waals surface area contributed by atoms with Crippen LogP contribution in [-0.2, 0) is 14.3 Å². The first-order chi connectivity index (χ1) is 8.34. The van der Waals surface area contributed by atoms with Gasteiger partial charge in [0.15, 0.2) is 0 Å². The SMILES string of the molecule is C=C(C)C(=O)OCC(C)(CC)CCOC(=O)NC. The van der Waals surface area contributed by atoms with E-state index in [1.165, 1.54) is 7.05 Å². The van der Waals surface area contributed by atoms with Crippen LogP contribution in [-0.4, -0.2) is 32.3 Å². The van der Waals surface area contributed by atoms with Crippen molar-refractivity contribution in [1.29, 1.82) is 0 Å². The first-order valence-electron chi connectivity index (χ1n) is 6.02. The van der Waals surface area contributed by atoms with Crippen molar-refractivity contribution in [2.24, 2.45) is 5.41 Å². The van der Waals surface area contributed by atoms with Crippen molar-refractivity contribution in [2.45, 2.75) is 33.6 Å². The summed E-state index contributed by atoms with van der Waals surface area (Å²) in [5.41, 5.74) is 0.189. The van der Waals surface area contributed by atoms with Crippen LogP contribution in [0.25, 0.3) is 0 Å². The second-order valence-corrected chi connectivity index (χ2v) is 4.66. The summed E-state index contributed by atoms with van der Waals surface area (Å²) >= 11 is 0. The van der Waals surface area contributed by atoms with Crippen molar-refractivity contribution in [3.8, 4) is 0 Å². The molecule has 1 N–H and O–H groups in total. The maximum absolute atomic E-state index is 11.3. The van der Waals surface area contributed by atoms with Crippen LogP contribution in [0, 0.1) is 5.41 Å². The molecule has 5 nitrogen and oxygen atoms in total. The average molecular weight is 257 g/mol. The fourth-order valence-electron chi connectivity index (χ4n) is 1.18. The summed E-state index contributed by atoms with van der Waals surface area (Å²) in [5.74, 6) is -0.387. The third-order valence-corrected chi connectivity index (χ3v) is 2.90. The zero-order valence-corrected chi connectivity index (χ0v) is 11.7. The maximum atomic E-state index is 11.3. The number of carbonyl (C=O) groups excluding carboxylic acids is 2. The molecule has 1 atom stereocenters. The summed E-state index contributed by atoms with van der Waals surface area (Å²) in [6.45, 7) is 9.74. The van der Waals surface area contributed by atoms with Crippen molar-refractivity contribution >= 4 is 12.1 Å². The molecule has 18 heavy (non-hydrogen) atoms. The molecular weight excluding hydrogens is 234 g/mol. The lowest BCUT2D eigenvalue weighted by atomic mass is 9.85. The largest absolute Gasteiger partial charge is 0.462 e. The topological polar surface area (TPSA) is 64.6 Å². The highest BCUT2D eigenvalue weighted by atomic mass is 16.5. The molecule has 1 unspecified atom stereocenters. The third kappa shape index (κ3) is 6.27. The monoisotopic (exact) mass is 257 g/mol. The number of nitrogens with one attached hydrogen (secondary N) is 1. The van der Waals surface area contributed by atoms with E-state index in [0.717, 1.165) is 6.42 Å². The Bertz CT molecular complexity index is 314. The fourth-order valence-corrected chi connectivity index (χ4v) is 1.18. The van der Waals surface area contributed by atoms with Crippen LogP contribution in [0.2, 0.25) is 0 Å². The second kappa shape index (κ2) is 7.74. The molecular formula is C13H23NO4. The number of hydrogen-bond donors (Lipinski definition) is 1. The van der Waals surface area contributed by atoms with Crippen molar-refractivity contribution in [3.63, 3.8) is 0 Å². The van der Waals surface area contributed by atoms with E-state index in [2.05, 4.69) is 11.9 Å². The summed E-state index contributed by atoms with van der Waals surface area (Å²) in [4.78, 5) is 22.2. The molecule has 0 spiro atoms. The van der Waals surface area contributed by atoms with Gasteiger partial charge in [-0.1, -0.05) is 20.4 Å². The van der Waals surface area contributed by atoms with Crippen molar-refractivity contribution in [2.75, 3.05) is 20.3 Å². The molecule has 1 amide bonds. The van der Waals surface area contributed by atoms with E-state index < -0.39 is 6.09 Å². The van der Waals surface area contributed by atoms with Gasteiger partial charge < -0.3 is 14.8 Å². The van der Waals surface area contributed by atoms with E-state index in [9.17, 15) is 9.59 Å². The van der Waals surface area contributed by atoms with Gasteiger partial charge in [-0.2, -0.15) is 0 Å². The van der Waals surface area contributed by atoms with E-state index in [1.807, 2.05) is 13.8 Å². The zero-order valence-electron chi connectivity index (χ0n) is 11.7. The van der Waals surface area contributed by atoms with E-state index in [4.69, 9.17) is 9.47 Å². The molecule has 5 heteroatoms. The van der Waals surface area contributed by atoms with E-state index in [0.29, 0.717) is 25.2 Å². The normalized spacial score (nSPS) is 13.3. The Morgan fingerprint density at radius 2 is 1.94 bits per heavy atom. The number of rotatable bonds is 7. The van der Waals surface area contributed by atoms with Crippen LogP contribution in [0.1, 0.15) is 33.6 Å². The van der Waals surface area contributed by atoms with Gasteiger partial charge in [0.2, 0.25) is 0 Å². The van der Waals surface area contributed by atoms with Crippen LogP contribution >= 0.6 is 0 Å². The van der Waals surface area contributed by atoms with Crippen LogP contribution in [0.4, 0.5) is 4.79 Å². The fraction of sp³-hybridized carbons (Fsp3) is 0.692. The minimum Gasteiger partial charge on any atom is -0.462 e. The predicted octanol–water partition coefficient (Wildman–Crippen LogP) is 2.27. The number of esters is 1. The van der Waals surface area contributed by atoms with Gasteiger partial charge in [0.05, 0.1) is 13.2 Å². The molecule has 0 aliphatic rings. The average Bonchev–Trinajstić information content (AvgIpc) is 2.35. The van der Waals surface area contributed by atoms with Crippen molar-refractivity contribution in [1.82, 2.24) is 5.32 Å². The molecule has 0 saturated carbocycles. The van der Waals surface area contributed by atoms with Gasteiger partial charge in [0.25, 0.3) is 0 Å². The van der Waals surface area contributed by atoms with Gasteiger partial charge in [-0.15, -0.1) is 0 Å². The highest BCUT2D eigenvalue weighted by Crippen LogP contribution is 2.26. The number of alkyl carbamates (subject to hydrolysis) is 1. The Balaban J connectivity index is 4.13. The lowest BCUT2D eigenvalue weighted by Crippen LogP contribution is -2.28. The maximum Gasteiger partial charge on any atom is 0.406 e. The molecule has 0 aliphatic carbocycles. The summed E-state index contributed by atoms with van der Waals surface area (Å²) in [6, 6.07) is 0. The zero-order chi connectivity index (χ0) is 14.2. The highest BCUT2D eigenvalue weighted by Gasteiger charge is 2.24. The molecule has 0 aliphatic heterocycles. The first-order valence-corrected chi connectivity index (χ1v) is 6.02. The summed E-state index contributed by atoms with van der Waals surface area (Å²) in [5, 5.41) is 2.38. The predicted molar refractivity (Wildman–Crippen MR) is 69.2 cm³/mol. The Morgan fingerprint density at radius 3 is 2.39 bits per heavy atom. The van der Waals surface area contributed by atoms with Gasteiger partial charge in [0, 0.05) is 18.0 Å². The molecule has 0 fully saturated rings. The Morgan fingerprint density at radius 1 is 1.33 bits per heavy atom. The standard InChI is InChI=1S/C13H23NO4/c1-6-13(4,7-8-17-12(16)14-5)9-18-11(15)10(2)3/h2,6-9H2,1,3-5H3,(H,14,16). The quantitative estimate of drug-likeness (QED) is 0.561. The summed E-state index contributed by atoms with van der Waals surface area (Å²) in [6.07, 6.45) is 1.01. The number of carbonyl (C=O) groups is 2. The van der Waals surface area contributed by atoms with E-state index in [-0.39, 0.29) is 11.4 Å². The Kier molecular flexibility index (Phi) is 7.08. The lowest BCUT2D eigenvalue weighted by Gasteiger charge is -2.27. The minimum absolute atomic E-state index is 0.195. The van der Waals surface area contributed by atoms with Gasteiger partial charge in [-0.05, 0) is 19.8 Å². The van der Waals surface area contributed by atoms with Gasteiger partial charge >= 0.3 is 12.1 Å². The summed E-state index contributed by atoms with van der Waals surface area (Å²) in [7, 11) is 1.51. The van der Waals surface area contributed by atoms with Crippen molar-refractivity contribution in [3.05, 3.63) is 12.2 Å². The van der Waals surface area contributed by atoms with Gasteiger partial charge in [-0.3, -0.25) is 0 Å². The molecule has 0 bridgehead atoms. The minimum atomic E-state index is -0.451. The molecule has 0 saturated heterocycles. The molecule has 0 aromatic rings. The van der Waals surface area contributed by atoms with Crippen LogP contribution < -0.4 is 5.32 Å². The van der Waals surface area contributed by atoms with E-state index >= 15 is 0 Å². The first kappa shape index (κ1) is 16.5. The Labute approximate surface area is 109 Å². The summed E-state index contributed by atoms with van der Waals surface area (Å²) < 4.78 is 10.1. The molecule has 0 heterocycles. The number of hydrogen-bond acceptors (Lipinski definition) is 4. The lowest BCUT2D eigenvalue weighted by molar-refractivity contribution is -0.142. The third-order valence-electron chi connectivity index (χ3n) is 2.90. The molecule has 0 radical (unpaired) electrons. The molecule has 104 valence electrons. The van der Waals surface area contributed by atoms with Gasteiger partial charge in [0.1, 0.15) is 0 Å². The van der Waals surface area contributed by atoms with Gasteiger partial charge in [-0.25, -0.2) is 9.59 Å². The van der Waals surface area contributed by atoms with Crippen molar-refractivity contribution < 1.29 is 19.1 Å². The number of amides is 1. The van der Waals surface area contributed by atoms with Crippen LogP contribution in [0.15, 0.2) is 12.2 Å². The highest BCUT2D eigenvalue weighted by molar-refractivity contribution is 5.86. The second-order valence-electron chi connectivity index (χ2n) is 4.66. The molecule has 0 aromatic heterocycles. The molecule has 0 aromatic carbocycles. The smallest absolute Gasteiger partial charge is 0.406 e. The number of ether oxygens (including phenoxy) is 2.